The molecule has 0 saturated heterocycles. The Morgan fingerprint density at radius 1 is 1.21 bits per heavy atom. The number of carbonyl (C=O) groups is 1. The lowest BCUT2D eigenvalue weighted by Crippen LogP contribution is -2.23. The smallest absolute Gasteiger partial charge is 0.304 e. The van der Waals surface area contributed by atoms with Crippen LogP contribution in [-0.4, -0.2) is 24.7 Å². The first-order valence-electron chi connectivity index (χ1n) is 6.13. The van der Waals surface area contributed by atoms with Gasteiger partial charge < -0.3 is 5.11 Å². The molecule has 19 heavy (non-hydrogen) atoms. The van der Waals surface area contributed by atoms with E-state index in [4.69, 9.17) is 5.11 Å². The molecule has 1 rings (SSSR count). The van der Waals surface area contributed by atoms with Crippen molar-refractivity contribution in [3.63, 3.8) is 0 Å². The van der Waals surface area contributed by atoms with Gasteiger partial charge in [0.25, 0.3) is 0 Å². The molecule has 1 N–H and O–H groups in total. The van der Waals surface area contributed by atoms with Gasteiger partial charge in [-0.25, -0.2) is 8.42 Å². The SMILES string of the molecule is Cc1cc(C)c(CS(=O)(=O)C(C)CC(=O)O)c(C)c1. The molecule has 0 radical (unpaired) electrons. The van der Waals surface area contributed by atoms with Crippen LogP contribution >= 0.6 is 0 Å². The Labute approximate surface area is 114 Å². The Morgan fingerprint density at radius 2 is 1.68 bits per heavy atom. The summed E-state index contributed by atoms with van der Waals surface area (Å²) in [6, 6.07) is 3.89. The number of aryl methyl sites for hydroxylation is 3. The van der Waals surface area contributed by atoms with Crippen LogP contribution in [0.1, 0.15) is 35.6 Å². The Balaban J connectivity index is 3.05. The number of benzene rings is 1. The normalized spacial score (nSPS) is 13.3. The highest BCUT2D eigenvalue weighted by atomic mass is 32.2. The van der Waals surface area contributed by atoms with Gasteiger partial charge in [0, 0.05) is 0 Å². The number of rotatable bonds is 5. The summed E-state index contributed by atoms with van der Waals surface area (Å²) in [7, 11) is -3.45. The van der Waals surface area contributed by atoms with Crippen molar-refractivity contribution in [2.45, 2.75) is 45.1 Å². The Kier molecular flexibility index (Phi) is 4.74. The number of carboxylic acids is 1. The van der Waals surface area contributed by atoms with Crippen LogP contribution in [0.2, 0.25) is 0 Å². The highest BCUT2D eigenvalue weighted by molar-refractivity contribution is 7.91. The molecule has 1 atom stereocenters. The summed E-state index contributed by atoms with van der Waals surface area (Å²) in [6.45, 7) is 7.17. The van der Waals surface area contributed by atoms with Crippen LogP contribution in [0.15, 0.2) is 12.1 Å². The molecule has 5 heteroatoms. The third-order valence-corrected chi connectivity index (χ3v) is 5.34. The number of hydrogen-bond acceptors (Lipinski definition) is 3. The molecule has 1 aromatic rings. The second-order valence-corrected chi connectivity index (χ2v) is 7.51. The van der Waals surface area contributed by atoms with Gasteiger partial charge >= 0.3 is 5.97 Å². The summed E-state index contributed by atoms with van der Waals surface area (Å²) in [5.74, 6) is -1.19. The summed E-state index contributed by atoms with van der Waals surface area (Å²) >= 11 is 0. The largest absolute Gasteiger partial charge is 0.481 e. The van der Waals surface area contributed by atoms with Gasteiger partial charge in [0.2, 0.25) is 0 Å². The van der Waals surface area contributed by atoms with Gasteiger partial charge in [0.05, 0.1) is 17.4 Å². The van der Waals surface area contributed by atoms with Crippen molar-refractivity contribution in [1.29, 1.82) is 0 Å². The van der Waals surface area contributed by atoms with Gasteiger partial charge in [0.1, 0.15) is 0 Å². The van der Waals surface area contributed by atoms with Crippen LogP contribution < -0.4 is 0 Å². The molecule has 0 amide bonds. The molecule has 1 aromatic carbocycles. The second kappa shape index (κ2) is 5.74. The maximum absolute atomic E-state index is 12.2. The van der Waals surface area contributed by atoms with E-state index in [1.54, 1.807) is 0 Å². The van der Waals surface area contributed by atoms with Crippen LogP contribution in [0.25, 0.3) is 0 Å². The predicted octanol–water partition coefficient (Wildman–Crippen LogP) is 2.39. The molecule has 0 aliphatic heterocycles. The first kappa shape index (κ1) is 15.7. The lowest BCUT2D eigenvalue weighted by molar-refractivity contribution is -0.136. The van der Waals surface area contributed by atoms with Crippen LogP contribution in [0, 0.1) is 20.8 Å². The quantitative estimate of drug-likeness (QED) is 0.901. The minimum atomic E-state index is -3.45. The summed E-state index contributed by atoms with van der Waals surface area (Å²) in [5, 5.41) is 7.82. The Bertz CT molecular complexity index is 564. The molecule has 0 spiro atoms. The second-order valence-electron chi connectivity index (χ2n) is 5.09. The van der Waals surface area contributed by atoms with Gasteiger partial charge in [-0.2, -0.15) is 0 Å². The maximum atomic E-state index is 12.2. The number of aliphatic carboxylic acids is 1. The van der Waals surface area contributed by atoms with Gasteiger partial charge in [-0.1, -0.05) is 17.7 Å². The minimum Gasteiger partial charge on any atom is -0.481 e. The average Bonchev–Trinajstić information content (AvgIpc) is 2.22. The molecule has 0 saturated carbocycles. The zero-order valence-electron chi connectivity index (χ0n) is 11.7. The van der Waals surface area contributed by atoms with Crippen molar-refractivity contribution in [2.75, 3.05) is 0 Å². The fourth-order valence-electron chi connectivity index (χ4n) is 2.15. The van der Waals surface area contributed by atoms with E-state index >= 15 is 0 Å². The standard InChI is InChI=1S/C14H20O4S/c1-9-5-10(2)13(11(3)6-9)8-19(17,18)12(4)7-14(15)16/h5-6,12H,7-8H2,1-4H3,(H,15,16). The lowest BCUT2D eigenvalue weighted by atomic mass is 10.0. The highest BCUT2D eigenvalue weighted by Gasteiger charge is 2.25. The van der Waals surface area contributed by atoms with E-state index in [-0.39, 0.29) is 12.2 Å². The fourth-order valence-corrected chi connectivity index (χ4v) is 3.69. The molecule has 0 fully saturated rings. The molecule has 0 aliphatic carbocycles. The van der Waals surface area contributed by atoms with E-state index in [9.17, 15) is 13.2 Å². The van der Waals surface area contributed by atoms with E-state index < -0.39 is 21.1 Å². The van der Waals surface area contributed by atoms with Gasteiger partial charge in [0.15, 0.2) is 9.84 Å². The molecule has 0 aromatic heterocycles. The number of hydrogen-bond donors (Lipinski definition) is 1. The zero-order valence-corrected chi connectivity index (χ0v) is 12.5. The first-order valence-corrected chi connectivity index (χ1v) is 7.85. The Morgan fingerprint density at radius 3 is 2.11 bits per heavy atom. The van der Waals surface area contributed by atoms with E-state index in [1.165, 1.54) is 6.92 Å². The summed E-state index contributed by atoms with van der Waals surface area (Å²) in [4.78, 5) is 10.6. The monoisotopic (exact) mass is 284 g/mol. The lowest BCUT2D eigenvalue weighted by Gasteiger charge is -2.15. The minimum absolute atomic E-state index is 0.0978. The van der Waals surface area contributed by atoms with E-state index in [0.29, 0.717) is 0 Å². The molecule has 4 nitrogen and oxygen atoms in total. The molecule has 0 heterocycles. The third-order valence-electron chi connectivity index (χ3n) is 3.26. The molecular weight excluding hydrogens is 264 g/mol. The van der Waals surface area contributed by atoms with Crippen molar-refractivity contribution in [3.8, 4) is 0 Å². The first-order chi connectivity index (χ1) is 8.63. The van der Waals surface area contributed by atoms with E-state index in [2.05, 4.69) is 0 Å². The zero-order chi connectivity index (χ0) is 14.8. The predicted molar refractivity (Wildman–Crippen MR) is 75.0 cm³/mol. The topological polar surface area (TPSA) is 71.4 Å². The van der Waals surface area contributed by atoms with Gasteiger partial charge in [-0.15, -0.1) is 0 Å². The number of sulfone groups is 1. The number of carboxylic acid groups (broad SMARTS) is 1. The molecule has 0 aliphatic rings. The molecular formula is C14H20O4S. The van der Waals surface area contributed by atoms with Gasteiger partial charge in [-0.05, 0) is 44.4 Å². The van der Waals surface area contributed by atoms with Crippen molar-refractivity contribution in [2.24, 2.45) is 0 Å². The van der Waals surface area contributed by atoms with Crippen molar-refractivity contribution in [3.05, 3.63) is 34.4 Å². The van der Waals surface area contributed by atoms with Crippen LogP contribution in [-0.2, 0) is 20.4 Å². The summed E-state index contributed by atoms with van der Waals surface area (Å²) in [6.07, 6.45) is -0.355. The van der Waals surface area contributed by atoms with Gasteiger partial charge in [-0.3, -0.25) is 4.79 Å². The van der Waals surface area contributed by atoms with Crippen molar-refractivity contribution >= 4 is 15.8 Å². The summed E-state index contributed by atoms with van der Waals surface area (Å²) < 4.78 is 24.3. The van der Waals surface area contributed by atoms with Crippen LogP contribution in [0.3, 0.4) is 0 Å². The third kappa shape index (κ3) is 4.06. The fraction of sp³-hybridized carbons (Fsp3) is 0.500. The van der Waals surface area contributed by atoms with Crippen LogP contribution in [0.4, 0.5) is 0 Å². The van der Waals surface area contributed by atoms with Crippen molar-refractivity contribution < 1.29 is 18.3 Å². The van der Waals surface area contributed by atoms with Crippen LogP contribution in [0.5, 0.6) is 0 Å². The molecule has 0 bridgehead atoms. The van der Waals surface area contributed by atoms with Crippen molar-refractivity contribution in [1.82, 2.24) is 0 Å². The highest BCUT2D eigenvalue weighted by Crippen LogP contribution is 2.21. The van der Waals surface area contributed by atoms with E-state index in [0.717, 1.165) is 22.3 Å². The average molecular weight is 284 g/mol. The van der Waals surface area contributed by atoms with E-state index in [1.807, 2.05) is 32.9 Å². The Hall–Kier alpha value is -1.36. The molecule has 1 unspecified atom stereocenters. The maximum Gasteiger partial charge on any atom is 0.304 e. The molecule has 106 valence electrons. The summed E-state index contributed by atoms with van der Waals surface area (Å²) in [5.41, 5.74) is 3.74.